The number of carbonyl (C=O) groups excluding carboxylic acids is 1. The number of aromatic nitrogens is 1. The van der Waals surface area contributed by atoms with E-state index in [4.69, 9.17) is 4.74 Å². The number of thiazole rings is 1. The van der Waals surface area contributed by atoms with Gasteiger partial charge in [0.15, 0.2) is 0 Å². The molecule has 7 heteroatoms. The van der Waals surface area contributed by atoms with Gasteiger partial charge in [-0.2, -0.15) is 0 Å². The molecule has 0 aliphatic carbocycles. The van der Waals surface area contributed by atoms with Crippen molar-refractivity contribution in [3.63, 3.8) is 0 Å². The average Bonchev–Trinajstić information content (AvgIpc) is 3.10. The Labute approximate surface area is 147 Å². The summed E-state index contributed by atoms with van der Waals surface area (Å²) in [7, 11) is 0. The number of non-ortho nitro benzene ring substituents is 1. The lowest BCUT2D eigenvalue weighted by Gasteiger charge is -2.03. The molecule has 0 saturated heterocycles. The highest BCUT2D eigenvalue weighted by atomic mass is 32.1. The number of nitrogens with zero attached hydrogens (tertiary/aromatic N) is 2. The SMILES string of the molecule is O=C(Cc1ccc([N+](=O)[O-])cc1)OCc1csc(-c2ccccc2)n1. The molecule has 0 aliphatic rings. The van der Waals surface area contributed by atoms with E-state index in [2.05, 4.69) is 4.98 Å². The summed E-state index contributed by atoms with van der Waals surface area (Å²) >= 11 is 1.50. The van der Waals surface area contributed by atoms with E-state index in [-0.39, 0.29) is 18.7 Å². The van der Waals surface area contributed by atoms with Gasteiger partial charge in [-0.05, 0) is 5.56 Å². The second-order valence-electron chi connectivity index (χ2n) is 5.27. The Morgan fingerprint density at radius 1 is 1.12 bits per heavy atom. The Hall–Kier alpha value is -3.06. The molecule has 6 nitrogen and oxygen atoms in total. The van der Waals surface area contributed by atoms with Gasteiger partial charge in [0.25, 0.3) is 5.69 Å². The van der Waals surface area contributed by atoms with Gasteiger partial charge in [-0.1, -0.05) is 42.5 Å². The lowest BCUT2D eigenvalue weighted by atomic mass is 10.1. The number of benzene rings is 2. The zero-order valence-electron chi connectivity index (χ0n) is 13.1. The first kappa shape index (κ1) is 16.8. The Morgan fingerprint density at radius 2 is 1.84 bits per heavy atom. The number of carbonyl (C=O) groups is 1. The molecule has 0 spiro atoms. The number of ether oxygens (including phenoxy) is 1. The quantitative estimate of drug-likeness (QED) is 0.379. The van der Waals surface area contributed by atoms with E-state index in [1.54, 1.807) is 12.1 Å². The fourth-order valence-corrected chi connectivity index (χ4v) is 3.00. The number of rotatable bonds is 6. The van der Waals surface area contributed by atoms with Gasteiger partial charge in [0.05, 0.1) is 17.0 Å². The number of esters is 1. The molecule has 0 unspecified atom stereocenters. The average molecular weight is 354 g/mol. The smallest absolute Gasteiger partial charge is 0.310 e. The van der Waals surface area contributed by atoms with Crippen molar-refractivity contribution in [3.05, 3.63) is 81.3 Å². The van der Waals surface area contributed by atoms with Crippen LogP contribution in [0.4, 0.5) is 5.69 Å². The minimum absolute atomic E-state index is 0.00645. The second kappa shape index (κ2) is 7.67. The summed E-state index contributed by atoms with van der Waals surface area (Å²) in [4.78, 5) is 26.5. The van der Waals surface area contributed by atoms with E-state index in [1.807, 2.05) is 35.7 Å². The number of hydrogen-bond acceptors (Lipinski definition) is 6. The molecule has 0 bridgehead atoms. The van der Waals surface area contributed by atoms with Crippen LogP contribution in [0.15, 0.2) is 60.0 Å². The van der Waals surface area contributed by atoms with Crippen LogP contribution < -0.4 is 0 Å². The number of nitro groups is 1. The third kappa shape index (κ3) is 4.48. The van der Waals surface area contributed by atoms with Crippen molar-refractivity contribution in [2.45, 2.75) is 13.0 Å². The van der Waals surface area contributed by atoms with Crippen LogP contribution in [-0.2, 0) is 22.6 Å². The first-order chi connectivity index (χ1) is 12.1. The topological polar surface area (TPSA) is 82.3 Å². The Kier molecular flexibility index (Phi) is 5.15. The molecule has 0 aliphatic heterocycles. The first-order valence-corrected chi connectivity index (χ1v) is 8.38. The van der Waals surface area contributed by atoms with Gasteiger partial charge in [0.1, 0.15) is 11.6 Å². The van der Waals surface area contributed by atoms with Crippen LogP contribution in [0.1, 0.15) is 11.3 Å². The van der Waals surface area contributed by atoms with Crippen LogP contribution in [-0.4, -0.2) is 15.9 Å². The Balaban J connectivity index is 1.54. The highest BCUT2D eigenvalue weighted by molar-refractivity contribution is 7.13. The van der Waals surface area contributed by atoms with E-state index >= 15 is 0 Å². The van der Waals surface area contributed by atoms with E-state index in [1.165, 1.54) is 23.5 Å². The van der Waals surface area contributed by atoms with Crippen LogP contribution in [0.2, 0.25) is 0 Å². The predicted octanol–water partition coefficient (Wildman–Crippen LogP) is 4.00. The minimum Gasteiger partial charge on any atom is -0.459 e. The standard InChI is InChI=1S/C18H14N2O4S/c21-17(10-13-6-8-16(9-7-13)20(22)23)24-11-15-12-25-18(19-15)14-4-2-1-3-5-14/h1-9,12H,10-11H2. The monoisotopic (exact) mass is 354 g/mol. The summed E-state index contributed by atoms with van der Waals surface area (Å²) in [5.74, 6) is -0.400. The molecule has 1 aromatic heterocycles. The van der Waals surface area contributed by atoms with Crippen molar-refractivity contribution in [2.24, 2.45) is 0 Å². The lowest BCUT2D eigenvalue weighted by molar-refractivity contribution is -0.384. The molecule has 0 saturated carbocycles. The van der Waals surface area contributed by atoms with Crippen molar-refractivity contribution < 1.29 is 14.5 Å². The Morgan fingerprint density at radius 3 is 2.52 bits per heavy atom. The van der Waals surface area contributed by atoms with E-state index in [0.29, 0.717) is 11.3 Å². The molecule has 0 atom stereocenters. The summed E-state index contributed by atoms with van der Waals surface area (Å²) in [6.45, 7) is 0.106. The molecule has 1 heterocycles. The summed E-state index contributed by atoms with van der Waals surface area (Å²) in [6, 6.07) is 15.6. The second-order valence-corrected chi connectivity index (χ2v) is 6.13. The van der Waals surface area contributed by atoms with E-state index < -0.39 is 10.9 Å². The van der Waals surface area contributed by atoms with E-state index in [0.717, 1.165) is 10.6 Å². The van der Waals surface area contributed by atoms with Gasteiger partial charge in [-0.15, -0.1) is 11.3 Å². The highest BCUT2D eigenvalue weighted by Gasteiger charge is 2.10. The van der Waals surface area contributed by atoms with Crippen LogP contribution in [0.25, 0.3) is 10.6 Å². The Bertz CT molecular complexity index is 876. The summed E-state index contributed by atoms with van der Waals surface area (Å²) in [5.41, 5.74) is 2.38. The zero-order valence-corrected chi connectivity index (χ0v) is 13.9. The number of hydrogen-bond donors (Lipinski definition) is 0. The van der Waals surface area contributed by atoms with Crippen molar-refractivity contribution in [1.29, 1.82) is 0 Å². The first-order valence-electron chi connectivity index (χ1n) is 7.50. The minimum atomic E-state index is -0.478. The number of nitro benzene ring substituents is 1. The molecular formula is C18H14N2O4S. The van der Waals surface area contributed by atoms with Crippen LogP contribution in [0, 0.1) is 10.1 Å². The normalized spacial score (nSPS) is 10.4. The molecule has 25 heavy (non-hydrogen) atoms. The van der Waals surface area contributed by atoms with Gasteiger partial charge in [-0.3, -0.25) is 14.9 Å². The molecule has 126 valence electrons. The molecule has 0 fully saturated rings. The van der Waals surface area contributed by atoms with Crippen LogP contribution in [0.3, 0.4) is 0 Å². The summed E-state index contributed by atoms with van der Waals surface area (Å²) in [5, 5.41) is 13.3. The fraction of sp³-hybridized carbons (Fsp3) is 0.111. The van der Waals surface area contributed by atoms with E-state index in [9.17, 15) is 14.9 Å². The largest absolute Gasteiger partial charge is 0.459 e. The third-order valence-electron chi connectivity index (χ3n) is 3.45. The highest BCUT2D eigenvalue weighted by Crippen LogP contribution is 2.23. The van der Waals surface area contributed by atoms with Crippen LogP contribution in [0.5, 0.6) is 0 Å². The van der Waals surface area contributed by atoms with Crippen molar-refractivity contribution in [1.82, 2.24) is 4.98 Å². The fourth-order valence-electron chi connectivity index (χ4n) is 2.19. The van der Waals surface area contributed by atoms with Crippen LogP contribution >= 0.6 is 11.3 Å². The molecule has 0 radical (unpaired) electrons. The lowest BCUT2D eigenvalue weighted by Crippen LogP contribution is -2.08. The van der Waals surface area contributed by atoms with Gasteiger partial charge < -0.3 is 4.74 Å². The summed E-state index contributed by atoms with van der Waals surface area (Å²) < 4.78 is 5.23. The maximum Gasteiger partial charge on any atom is 0.310 e. The zero-order chi connectivity index (χ0) is 17.6. The van der Waals surface area contributed by atoms with Gasteiger partial charge in [0.2, 0.25) is 0 Å². The van der Waals surface area contributed by atoms with Crippen molar-refractivity contribution in [2.75, 3.05) is 0 Å². The summed E-state index contributed by atoms with van der Waals surface area (Å²) in [6.07, 6.45) is 0.0632. The third-order valence-corrected chi connectivity index (χ3v) is 4.39. The van der Waals surface area contributed by atoms with Crippen molar-refractivity contribution in [3.8, 4) is 10.6 Å². The maximum absolute atomic E-state index is 11.9. The molecule has 2 aromatic carbocycles. The molecule has 3 rings (SSSR count). The van der Waals surface area contributed by atoms with Gasteiger partial charge in [-0.25, -0.2) is 4.98 Å². The predicted molar refractivity (Wildman–Crippen MR) is 94.1 cm³/mol. The van der Waals surface area contributed by atoms with Crippen molar-refractivity contribution >= 4 is 23.0 Å². The molecule has 0 N–H and O–H groups in total. The molecular weight excluding hydrogens is 340 g/mol. The maximum atomic E-state index is 11.9. The van der Waals surface area contributed by atoms with Gasteiger partial charge >= 0.3 is 5.97 Å². The molecule has 0 amide bonds. The molecule has 3 aromatic rings. The van der Waals surface area contributed by atoms with Gasteiger partial charge in [0, 0.05) is 23.1 Å².